The number of amides is 2. The van der Waals surface area contributed by atoms with E-state index in [1.165, 1.54) is 0 Å². The quantitative estimate of drug-likeness (QED) is 0.804. The van der Waals surface area contributed by atoms with Gasteiger partial charge in [0.2, 0.25) is 0 Å². The maximum absolute atomic E-state index is 11.6. The van der Waals surface area contributed by atoms with Crippen LogP contribution in [-0.4, -0.2) is 25.0 Å². The molecule has 0 aliphatic rings. The number of benzene rings is 1. The fourth-order valence-electron chi connectivity index (χ4n) is 1.05. The Morgan fingerprint density at radius 1 is 1.29 bits per heavy atom. The minimum Gasteiger partial charge on any atom is -0.343 e. The van der Waals surface area contributed by atoms with Gasteiger partial charge in [0.05, 0.1) is 13.2 Å². The number of halogens is 1. The molecule has 0 atom stereocenters. The molecule has 0 heterocycles. The Kier molecular flexibility index (Phi) is 5.65. The predicted octanol–water partition coefficient (Wildman–Crippen LogP) is 1.25. The molecule has 6 heteroatoms. The third-order valence-electron chi connectivity index (χ3n) is 1.85. The van der Waals surface area contributed by atoms with Crippen molar-refractivity contribution in [1.29, 1.82) is 0 Å². The number of carbonyl (C=O) groups is 2. The van der Waals surface area contributed by atoms with Crippen LogP contribution in [0.25, 0.3) is 0 Å². The van der Waals surface area contributed by atoms with Crippen LogP contribution in [0.1, 0.15) is 17.3 Å². The second kappa shape index (κ2) is 7.03. The van der Waals surface area contributed by atoms with Gasteiger partial charge in [-0.05, 0) is 31.2 Å². The molecule has 5 nitrogen and oxygen atoms in total. The molecule has 0 bridgehead atoms. The molecule has 0 saturated carbocycles. The topological polar surface area (TPSA) is 67.4 Å². The highest BCUT2D eigenvalue weighted by molar-refractivity contribution is 9.10. The van der Waals surface area contributed by atoms with Gasteiger partial charge in [-0.1, -0.05) is 15.9 Å². The fraction of sp³-hybridized carbons (Fsp3) is 0.273. The van der Waals surface area contributed by atoms with Crippen molar-refractivity contribution in [1.82, 2.24) is 10.8 Å². The number of carbonyl (C=O) groups excluding carboxylic acids is 2. The van der Waals surface area contributed by atoms with E-state index in [2.05, 4.69) is 26.7 Å². The van der Waals surface area contributed by atoms with Crippen LogP contribution in [0.4, 0.5) is 0 Å². The molecule has 0 saturated heterocycles. The average molecular weight is 301 g/mol. The lowest BCUT2D eigenvalue weighted by Gasteiger charge is -2.06. The molecule has 0 fully saturated rings. The van der Waals surface area contributed by atoms with Crippen LogP contribution < -0.4 is 10.8 Å². The smallest absolute Gasteiger partial charge is 0.262 e. The number of hydrogen-bond donors (Lipinski definition) is 2. The van der Waals surface area contributed by atoms with E-state index in [-0.39, 0.29) is 12.5 Å². The van der Waals surface area contributed by atoms with Gasteiger partial charge in [-0.2, -0.15) is 0 Å². The molecule has 1 aromatic rings. The van der Waals surface area contributed by atoms with E-state index in [9.17, 15) is 9.59 Å². The van der Waals surface area contributed by atoms with Crippen LogP contribution in [0.5, 0.6) is 0 Å². The van der Waals surface area contributed by atoms with Crippen LogP contribution in [0, 0.1) is 0 Å². The van der Waals surface area contributed by atoms with Gasteiger partial charge in [0.25, 0.3) is 11.8 Å². The first-order chi connectivity index (χ1) is 8.13. The largest absolute Gasteiger partial charge is 0.343 e. The Bertz CT molecular complexity index is 392. The van der Waals surface area contributed by atoms with Crippen LogP contribution in [0.15, 0.2) is 28.7 Å². The van der Waals surface area contributed by atoms with Gasteiger partial charge >= 0.3 is 0 Å². The zero-order valence-corrected chi connectivity index (χ0v) is 10.9. The van der Waals surface area contributed by atoms with Gasteiger partial charge in [-0.15, -0.1) is 0 Å². The van der Waals surface area contributed by atoms with Gasteiger partial charge in [0.1, 0.15) is 0 Å². The van der Waals surface area contributed by atoms with Crippen LogP contribution in [0.3, 0.4) is 0 Å². The molecule has 92 valence electrons. The average Bonchev–Trinajstić information content (AvgIpc) is 2.34. The van der Waals surface area contributed by atoms with Crippen molar-refractivity contribution in [3.63, 3.8) is 0 Å². The van der Waals surface area contributed by atoms with Gasteiger partial charge < -0.3 is 5.32 Å². The van der Waals surface area contributed by atoms with E-state index in [0.29, 0.717) is 12.2 Å². The monoisotopic (exact) mass is 300 g/mol. The summed E-state index contributed by atoms with van der Waals surface area (Å²) in [6.45, 7) is 2.02. The van der Waals surface area contributed by atoms with Gasteiger partial charge in [-0.3, -0.25) is 14.4 Å². The summed E-state index contributed by atoms with van der Waals surface area (Å²) in [5.74, 6) is -0.693. The number of hydroxylamine groups is 1. The molecule has 2 amide bonds. The van der Waals surface area contributed by atoms with E-state index in [1.54, 1.807) is 31.2 Å². The zero-order valence-electron chi connectivity index (χ0n) is 9.33. The van der Waals surface area contributed by atoms with Crippen molar-refractivity contribution in [2.45, 2.75) is 6.92 Å². The summed E-state index contributed by atoms with van der Waals surface area (Å²) < 4.78 is 0.892. The Balaban J connectivity index is 2.39. The first-order valence-corrected chi connectivity index (χ1v) is 5.87. The molecular weight excluding hydrogens is 288 g/mol. The van der Waals surface area contributed by atoms with Crippen molar-refractivity contribution in [3.05, 3.63) is 34.3 Å². The van der Waals surface area contributed by atoms with Crippen molar-refractivity contribution >= 4 is 27.7 Å². The highest BCUT2D eigenvalue weighted by Gasteiger charge is 2.07. The van der Waals surface area contributed by atoms with Gasteiger partial charge in [0, 0.05) is 10.0 Å². The molecular formula is C11H13BrN2O3. The maximum atomic E-state index is 11.6. The summed E-state index contributed by atoms with van der Waals surface area (Å²) in [5, 5.41) is 2.48. The summed E-state index contributed by atoms with van der Waals surface area (Å²) in [6, 6.07) is 6.85. The van der Waals surface area contributed by atoms with Crippen LogP contribution in [0.2, 0.25) is 0 Å². The molecule has 0 aliphatic carbocycles. The van der Waals surface area contributed by atoms with Gasteiger partial charge in [0.15, 0.2) is 0 Å². The second-order valence-corrected chi connectivity index (χ2v) is 4.06. The zero-order chi connectivity index (χ0) is 12.7. The lowest BCUT2D eigenvalue weighted by molar-refractivity contribution is -0.132. The first kappa shape index (κ1) is 13.7. The number of hydrogen-bond acceptors (Lipinski definition) is 3. The van der Waals surface area contributed by atoms with E-state index >= 15 is 0 Å². The predicted molar refractivity (Wildman–Crippen MR) is 66.2 cm³/mol. The standard InChI is InChI=1S/C11H13BrN2O3/c1-2-17-14-10(15)7-13-11(16)8-3-5-9(12)6-4-8/h3-6H,2,7H2,1H3,(H,13,16)(H,14,15). The molecule has 0 spiro atoms. The summed E-state index contributed by atoms with van der Waals surface area (Å²) >= 11 is 3.27. The molecule has 1 rings (SSSR count). The Hall–Kier alpha value is -1.40. The van der Waals surface area contributed by atoms with Crippen LogP contribution in [-0.2, 0) is 9.63 Å². The lowest BCUT2D eigenvalue weighted by atomic mass is 10.2. The highest BCUT2D eigenvalue weighted by atomic mass is 79.9. The Morgan fingerprint density at radius 2 is 1.94 bits per heavy atom. The van der Waals surface area contributed by atoms with Crippen molar-refractivity contribution in [2.75, 3.05) is 13.2 Å². The lowest BCUT2D eigenvalue weighted by Crippen LogP contribution is -2.36. The third kappa shape index (κ3) is 4.97. The van der Waals surface area contributed by atoms with Crippen LogP contribution >= 0.6 is 15.9 Å². The third-order valence-corrected chi connectivity index (χ3v) is 2.37. The van der Waals surface area contributed by atoms with E-state index in [4.69, 9.17) is 4.84 Å². The SMILES string of the molecule is CCONC(=O)CNC(=O)c1ccc(Br)cc1. The van der Waals surface area contributed by atoms with E-state index in [0.717, 1.165) is 4.47 Å². The Labute approximate surface area is 108 Å². The van der Waals surface area contributed by atoms with E-state index in [1.807, 2.05) is 0 Å². The minimum absolute atomic E-state index is 0.116. The minimum atomic E-state index is -0.391. The summed E-state index contributed by atoms with van der Waals surface area (Å²) in [7, 11) is 0. The molecule has 17 heavy (non-hydrogen) atoms. The summed E-state index contributed by atoms with van der Waals surface area (Å²) in [5.41, 5.74) is 2.68. The maximum Gasteiger partial charge on any atom is 0.262 e. The molecule has 0 radical (unpaired) electrons. The second-order valence-electron chi connectivity index (χ2n) is 3.15. The summed E-state index contributed by atoms with van der Waals surface area (Å²) in [6.07, 6.45) is 0. The highest BCUT2D eigenvalue weighted by Crippen LogP contribution is 2.10. The molecule has 1 aromatic carbocycles. The number of nitrogens with one attached hydrogen (secondary N) is 2. The normalized spacial score (nSPS) is 9.76. The van der Waals surface area contributed by atoms with Crippen molar-refractivity contribution in [3.8, 4) is 0 Å². The molecule has 0 aliphatic heterocycles. The summed E-state index contributed by atoms with van der Waals surface area (Å²) in [4.78, 5) is 27.4. The molecule has 2 N–H and O–H groups in total. The fourth-order valence-corrected chi connectivity index (χ4v) is 1.32. The first-order valence-electron chi connectivity index (χ1n) is 5.08. The Morgan fingerprint density at radius 3 is 2.53 bits per heavy atom. The van der Waals surface area contributed by atoms with E-state index < -0.39 is 5.91 Å². The van der Waals surface area contributed by atoms with Gasteiger partial charge in [-0.25, -0.2) is 5.48 Å². The molecule has 0 unspecified atom stereocenters. The number of rotatable bonds is 5. The van der Waals surface area contributed by atoms with Crippen molar-refractivity contribution < 1.29 is 14.4 Å². The molecule has 0 aromatic heterocycles. The van der Waals surface area contributed by atoms with Crippen molar-refractivity contribution in [2.24, 2.45) is 0 Å².